The molecule has 2 saturated heterocycles. The molecule has 3 aliphatic rings. The number of rotatable bonds is 3. The van der Waals surface area contributed by atoms with Crippen molar-refractivity contribution >= 4 is 11.9 Å². The fraction of sp³-hybridized carbons (Fsp3) is 0.750. The number of hydrogen-bond acceptors (Lipinski definition) is 5. The molecule has 33 heavy (non-hydrogen) atoms. The van der Waals surface area contributed by atoms with E-state index in [0.717, 1.165) is 44.8 Å². The third-order valence-electron chi connectivity index (χ3n) is 6.12. The van der Waals surface area contributed by atoms with E-state index in [1.165, 1.54) is 0 Å². The number of piperidine rings is 1. The summed E-state index contributed by atoms with van der Waals surface area (Å²) in [6.45, 7) is 3.47. The molecule has 1 aromatic rings. The monoisotopic (exact) mass is 482 g/mol. The van der Waals surface area contributed by atoms with Crippen molar-refractivity contribution in [2.24, 2.45) is 0 Å². The number of hydrogen-bond donors (Lipinski definition) is 1. The smallest absolute Gasteiger partial charge is 0.475 e. The van der Waals surface area contributed by atoms with Crippen LogP contribution in [0.4, 0.5) is 22.0 Å². The molecule has 1 aromatic heterocycles. The Morgan fingerprint density at radius 2 is 1.79 bits per heavy atom. The van der Waals surface area contributed by atoms with Crippen molar-refractivity contribution in [2.75, 3.05) is 32.8 Å². The molecule has 0 aromatic carbocycles. The van der Waals surface area contributed by atoms with Gasteiger partial charge in [0.25, 0.3) is 5.92 Å². The van der Waals surface area contributed by atoms with Gasteiger partial charge < -0.3 is 14.7 Å². The van der Waals surface area contributed by atoms with E-state index in [1.54, 1.807) is 11.1 Å². The molecular weight excluding hydrogens is 455 g/mol. The van der Waals surface area contributed by atoms with E-state index in [0.29, 0.717) is 12.5 Å². The van der Waals surface area contributed by atoms with E-state index < -0.39 is 18.1 Å². The number of carboxylic acids is 1. The summed E-state index contributed by atoms with van der Waals surface area (Å²) in [5, 5.41) is 11.5. The molecule has 0 bridgehead atoms. The Morgan fingerprint density at radius 1 is 1.18 bits per heavy atom. The van der Waals surface area contributed by atoms with Crippen LogP contribution in [0.2, 0.25) is 0 Å². The lowest BCUT2D eigenvalue weighted by molar-refractivity contribution is -0.192. The molecule has 0 radical (unpaired) electrons. The Labute approximate surface area is 187 Å². The Hall–Kier alpha value is -2.28. The number of aromatic nitrogens is 2. The van der Waals surface area contributed by atoms with Crippen molar-refractivity contribution < 1.29 is 41.4 Å². The van der Waals surface area contributed by atoms with Crippen LogP contribution in [-0.4, -0.2) is 87.6 Å². The number of aliphatic carboxylic acids is 1. The predicted molar refractivity (Wildman–Crippen MR) is 105 cm³/mol. The third-order valence-corrected chi connectivity index (χ3v) is 6.12. The molecular formula is C20H27F5N4O4. The number of carboxylic acid groups (broad SMARTS) is 1. The molecule has 1 atom stereocenters. The average Bonchev–Trinajstić information content (AvgIpc) is 3.23. The summed E-state index contributed by atoms with van der Waals surface area (Å²) in [7, 11) is 0. The Balaban J connectivity index is 0.000000383. The van der Waals surface area contributed by atoms with Gasteiger partial charge in [-0.3, -0.25) is 14.4 Å². The normalized spacial score (nSPS) is 23.9. The van der Waals surface area contributed by atoms with Gasteiger partial charge in [-0.2, -0.15) is 18.3 Å². The van der Waals surface area contributed by atoms with Crippen LogP contribution < -0.4 is 0 Å². The lowest BCUT2D eigenvalue weighted by Gasteiger charge is -2.40. The lowest BCUT2D eigenvalue weighted by Crippen LogP contribution is -2.48. The van der Waals surface area contributed by atoms with Crippen LogP contribution in [0.25, 0.3) is 0 Å². The first kappa shape index (κ1) is 25.3. The van der Waals surface area contributed by atoms with Gasteiger partial charge in [-0.15, -0.1) is 0 Å². The van der Waals surface area contributed by atoms with Gasteiger partial charge in [0, 0.05) is 64.5 Å². The fourth-order valence-corrected chi connectivity index (χ4v) is 4.31. The highest BCUT2D eigenvalue weighted by atomic mass is 19.4. The van der Waals surface area contributed by atoms with Crippen LogP contribution in [0.5, 0.6) is 0 Å². The summed E-state index contributed by atoms with van der Waals surface area (Å²) in [5.41, 5.74) is 1.12. The molecule has 1 N–H and O–H groups in total. The van der Waals surface area contributed by atoms with Crippen LogP contribution in [0.15, 0.2) is 12.3 Å². The highest BCUT2D eigenvalue weighted by Gasteiger charge is 2.39. The van der Waals surface area contributed by atoms with Crippen molar-refractivity contribution in [3.05, 3.63) is 18.0 Å². The zero-order valence-electron chi connectivity index (χ0n) is 17.9. The van der Waals surface area contributed by atoms with Crippen LogP contribution in [0.3, 0.4) is 0 Å². The van der Waals surface area contributed by atoms with E-state index in [4.69, 9.17) is 14.6 Å². The van der Waals surface area contributed by atoms with Crippen LogP contribution in [-0.2, 0) is 20.9 Å². The number of alkyl halides is 5. The van der Waals surface area contributed by atoms with Crippen LogP contribution in [0, 0.1) is 0 Å². The van der Waals surface area contributed by atoms with E-state index >= 15 is 0 Å². The number of nitrogens with zero attached hydrogens (tertiary/aromatic N) is 4. The van der Waals surface area contributed by atoms with Crippen molar-refractivity contribution in [2.45, 2.75) is 62.8 Å². The zero-order valence-corrected chi connectivity index (χ0v) is 17.9. The minimum atomic E-state index is -5.08. The molecule has 2 fully saturated rings. The maximum Gasteiger partial charge on any atom is 0.490 e. The summed E-state index contributed by atoms with van der Waals surface area (Å²) in [5.74, 6) is -5.43. The molecule has 3 aliphatic heterocycles. The van der Waals surface area contributed by atoms with Gasteiger partial charge in [-0.25, -0.2) is 13.6 Å². The van der Waals surface area contributed by atoms with E-state index in [9.17, 15) is 26.7 Å². The number of carbonyl (C=O) groups is 2. The summed E-state index contributed by atoms with van der Waals surface area (Å²) in [6, 6.07) is 2.44. The second-order valence-electron chi connectivity index (χ2n) is 8.44. The maximum absolute atomic E-state index is 13.3. The van der Waals surface area contributed by atoms with E-state index in [-0.39, 0.29) is 37.9 Å². The molecule has 4 heterocycles. The summed E-state index contributed by atoms with van der Waals surface area (Å²) < 4.78 is 65.8. The Kier molecular flexibility index (Phi) is 7.93. The number of halogens is 5. The number of fused-ring (bicyclic) bond motifs is 1. The third kappa shape index (κ3) is 6.85. The first-order valence-corrected chi connectivity index (χ1v) is 10.8. The van der Waals surface area contributed by atoms with E-state index in [2.05, 4.69) is 10.00 Å². The molecule has 4 rings (SSSR count). The number of ether oxygens (including phenoxy) is 1. The molecule has 13 heteroatoms. The number of likely N-dealkylation sites (tertiary alicyclic amines) is 1. The van der Waals surface area contributed by atoms with Gasteiger partial charge in [0.05, 0.1) is 18.2 Å². The van der Waals surface area contributed by atoms with Gasteiger partial charge in [0.2, 0.25) is 5.91 Å². The molecule has 1 amide bonds. The number of carbonyl (C=O) groups excluding carboxylic acids is 1. The Bertz CT molecular complexity index is 816. The molecule has 0 aliphatic carbocycles. The van der Waals surface area contributed by atoms with Crippen LogP contribution in [0.1, 0.15) is 43.8 Å². The first-order valence-electron chi connectivity index (χ1n) is 10.8. The second kappa shape index (κ2) is 10.3. The van der Waals surface area contributed by atoms with Gasteiger partial charge in [0.1, 0.15) is 0 Å². The second-order valence-corrected chi connectivity index (χ2v) is 8.44. The standard InChI is InChI=1S/C18H26F2N4O2.C2HF3O2/c19-18(20)4-7-22(8-5-18)17(25)11-16-13-23(14-2-9-26-10-3-14)12-15-1-6-21-24(15)16;3-2(4,5)1(6)7/h1,6,14,16H,2-5,7-13H2;(H,6,7). The van der Waals surface area contributed by atoms with Gasteiger partial charge in [-0.1, -0.05) is 0 Å². The highest BCUT2D eigenvalue weighted by Crippen LogP contribution is 2.31. The van der Waals surface area contributed by atoms with Crippen molar-refractivity contribution in [3.8, 4) is 0 Å². The largest absolute Gasteiger partial charge is 0.490 e. The van der Waals surface area contributed by atoms with Gasteiger partial charge in [0.15, 0.2) is 0 Å². The molecule has 0 saturated carbocycles. The predicted octanol–water partition coefficient (Wildman–Crippen LogP) is 2.70. The minimum Gasteiger partial charge on any atom is -0.475 e. The molecule has 186 valence electrons. The van der Waals surface area contributed by atoms with Crippen molar-refractivity contribution in [1.29, 1.82) is 0 Å². The van der Waals surface area contributed by atoms with Crippen molar-refractivity contribution in [3.63, 3.8) is 0 Å². The van der Waals surface area contributed by atoms with Gasteiger partial charge >= 0.3 is 12.1 Å². The zero-order chi connectivity index (χ0) is 24.2. The molecule has 0 spiro atoms. The number of amides is 1. The Morgan fingerprint density at radius 3 is 2.36 bits per heavy atom. The molecule has 1 unspecified atom stereocenters. The average molecular weight is 482 g/mol. The minimum absolute atomic E-state index is 0.0356. The topological polar surface area (TPSA) is 87.9 Å². The highest BCUT2D eigenvalue weighted by molar-refractivity contribution is 5.76. The summed E-state index contributed by atoms with van der Waals surface area (Å²) in [4.78, 5) is 25.6. The summed E-state index contributed by atoms with van der Waals surface area (Å²) in [6.07, 6.45) is -1.43. The van der Waals surface area contributed by atoms with Crippen molar-refractivity contribution in [1.82, 2.24) is 19.6 Å². The SMILES string of the molecule is O=C(CC1CN(C2CCOCC2)Cc2ccnn21)N1CCC(F)(F)CC1.O=C(O)C(F)(F)F. The first-order chi connectivity index (χ1) is 15.5. The quantitative estimate of drug-likeness (QED) is 0.667. The van der Waals surface area contributed by atoms with E-state index in [1.807, 2.05) is 10.7 Å². The summed E-state index contributed by atoms with van der Waals surface area (Å²) >= 11 is 0. The lowest BCUT2D eigenvalue weighted by atomic mass is 10.0. The maximum atomic E-state index is 13.3. The molecule has 8 nitrogen and oxygen atoms in total. The van der Waals surface area contributed by atoms with Crippen LogP contribution >= 0.6 is 0 Å². The fourth-order valence-electron chi connectivity index (χ4n) is 4.31. The van der Waals surface area contributed by atoms with Gasteiger partial charge in [-0.05, 0) is 18.9 Å².